The highest BCUT2D eigenvalue weighted by Crippen LogP contribution is 2.31. The number of ether oxygens (including phenoxy) is 1. The molecule has 6 nitrogen and oxygen atoms in total. The van der Waals surface area contributed by atoms with Crippen molar-refractivity contribution in [2.24, 2.45) is 0 Å². The second-order valence-corrected chi connectivity index (χ2v) is 9.04. The Hall–Kier alpha value is -2.53. The van der Waals surface area contributed by atoms with Gasteiger partial charge in [0, 0.05) is 6.20 Å². The van der Waals surface area contributed by atoms with Gasteiger partial charge in [0.05, 0.1) is 31.2 Å². The third-order valence-electron chi connectivity index (χ3n) is 3.87. The van der Waals surface area contributed by atoms with Crippen molar-refractivity contribution in [1.29, 1.82) is 0 Å². The van der Waals surface area contributed by atoms with E-state index >= 15 is 0 Å². The van der Waals surface area contributed by atoms with E-state index in [1.54, 1.807) is 0 Å². The average Bonchev–Trinajstić information content (AvgIpc) is 2.68. The van der Waals surface area contributed by atoms with Crippen LogP contribution in [0.5, 0.6) is 5.75 Å². The van der Waals surface area contributed by atoms with Gasteiger partial charge in [-0.2, -0.15) is 0 Å². The summed E-state index contributed by atoms with van der Waals surface area (Å²) in [6.07, 6.45) is -4.01. The zero-order valence-electron chi connectivity index (χ0n) is 15.5. The molecule has 0 amide bonds. The molecule has 168 valence electrons. The smallest absolute Gasteiger partial charge is 0.405 e. The Balaban J connectivity index is 2.04. The number of nitrogens with zero attached hydrogens (tertiary/aromatic N) is 1. The van der Waals surface area contributed by atoms with Gasteiger partial charge in [-0.25, -0.2) is 13.4 Å². The number of hydrogen-bond donors (Lipinski definition) is 1. The molecular weight excluding hydrogens is 516 g/mol. The predicted octanol–water partition coefficient (Wildman–Crippen LogP) is 5.97. The first kappa shape index (κ1) is 24.1. The van der Waals surface area contributed by atoms with Crippen LogP contribution in [0.1, 0.15) is 16.1 Å². The van der Waals surface area contributed by atoms with E-state index in [1.165, 1.54) is 24.3 Å². The van der Waals surface area contributed by atoms with Crippen LogP contribution in [0.4, 0.5) is 18.9 Å². The molecule has 1 N–H and O–H groups in total. The Morgan fingerprint density at radius 3 is 2.34 bits per heavy atom. The number of alkyl halides is 3. The molecule has 0 aliphatic rings. The van der Waals surface area contributed by atoms with E-state index in [2.05, 4.69) is 14.4 Å². The molecule has 3 rings (SSSR count). The maximum atomic E-state index is 13.0. The number of nitrogens with one attached hydrogen (secondary N) is 1. The maximum absolute atomic E-state index is 13.0. The Morgan fingerprint density at radius 2 is 1.69 bits per heavy atom. The van der Waals surface area contributed by atoms with Crippen LogP contribution < -0.4 is 9.46 Å². The maximum Gasteiger partial charge on any atom is 0.573 e. The van der Waals surface area contributed by atoms with Gasteiger partial charge < -0.3 is 4.74 Å². The Kier molecular flexibility index (Phi) is 6.89. The molecule has 2 aromatic carbocycles. The Labute approximate surface area is 194 Å². The van der Waals surface area contributed by atoms with E-state index in [1.807, 2.05) is 0 Å². The molecule has 0 saturated carbocycles. The number of ketones is 1. The van der Waals surface area contributed by atoms with Crippen LogP contribution in [0.2, 0.25) is 15.1 Å². The number of pyridine rings is 1. The van der Waals surface area contributed by atoms with Gasteiger partial charge in [-0.1, -0.05) is 46.9 Å². The molecule has 0 saturated heterocycles. The lowest BCUT2D eigenvalue weighted by molar-refractivity contribution is -0.274. The number of anilines is 1. The first-order valence-corrected chi connectivity index (χ1v) is 11.0. The fourth-order valence-corrected chi connectivity index (χ4v) is 4.15. The number of carbonyl (C=O) groups excluding carboxylic acids is 1. The van der Waals surface area contributed by atoms with Crippen LogP contribution in [-0.2, 0) is 10.0 Å². The number of aromatic nitrogens is 1. The van der Waals surface area contributed by atoms with E-state index in [0.29, 0.717) is 0 Å². The zero-order valence-corrected chi connectivity index (χ0v) is 18.5. The normalized spacial score (nSPS) is 11.8. The molecule has 0 bridgehead atoms. The summed E-state index contributed by atoms with van der Waals surface area (Å²) in [6.45, 7) is 0. The molecule has 3 aromatic rings. The largest absolute Gasteiger partial charge is 0.573 e. The fourth-order valence-electron chi connectivity index (χ4n) is 2.54. The summed E-state index contributed by atoms with van der Waals surface area (Å²) in [5, 5.41) is 0.0497. The standard InChI is InChI=1S/C19H10Cl3F3N2O4S/c20-10-7-15(27-32(29,30)11-5-6-13(21)14(22)8-11)17(26-9-10)18(28)12-3-1-2-4-16(12)31-19(23,24)25/h1-9,27H. The number of halogens is 6. The van der Waals surface area contributed by atoms with Crippen molar-refractivity contribution in [1.82, 2.24) is 4.98 Å². The lowest BCUT2D eigenvalue weighted by Crippen LogP contribution is -2.20. The number of rotatable bonds is 6. The molecule has 0 aliphatic carbocycles. The molecule has 0 radical (unpaired) electrons. The van der Waals surface area contributed by atoms with E-state index in [4.69, 9.17) is 34.8 Å². The summed E-state index contributed by atoms with van der Waals surface area (Å²) < 4.78 is 69.7. The topological polar surface area (TPSA) is 85.4 Å². The minimum absolute atomic E-state index is 0.0340. The summed E-state index contributed by atoms with van der Waals surface area (Å²) in [5.74, 6) is -1.81. The summed E-state index contributed by atoms with van der Waals surface area (Å²) >= 11 is 17.5. The highest BCUT2D eigenvalue weighted by molar-refractivity contribution is 7.92. The van der Waals surface area contributed by atoms with Gasteiger partial charge in [0.2, 0.25) is 5.78 Å². The van der Waals surface area contributed by atoms with Crippen LogP contribution >= 0.6 is 34.8 Å². The van der Waals surface area contributed by atoms with Crippen LogP contribution in [0.25, 0.3) is 0 Å². The Bertz CT molecular complexity index is 1300. The van der Waals surface area contributed by atoms with Gasteiger partial charge >= 0.3 is 6.36 Å². The second-order valence-electron chi connectivity index (χ2n) is 6.10. The molecule has 32 heavy (non-hydrogen) atoms. The van der Waals surface area contributed by atoms with Gasteiger partial charge in [0.15, 0.2) is 0 Å². The van der Waals surface area contributed by atoms with Crippen LogP contribution in [0, 0.1) is 0 Å². The summed E-state index contributed by atoms with van der Waals surface area (Å²) in [7, 11) is -4.30. The van der Waals surface area contributed by atoms with E-state index < -0.39 is 39.2 Å². The molecule has 1 aromatic heterocycles. The van der Waals surface area contributed by atoms with Crippen molar-refractivity contribution < 1.29 is 31.1 Å². The molecule has 0 unspecified atom stereocenters. The molecule has 0 fully saturated rings. The highest BCUT2D eigenvalue weighted by Gasteiger charge is 2.33. The fraction of sp³-hybridized carbons (Fsp3) is 0.0526. The van der Waals surface area contributed by atoms with Crippen LogP contribution in [-0.4, -0.2) is 25.5 Å². The monoisotopic (exact) mass is 524 g/mol. The highest BCUT2D eigenvalue weighted by atomic mass is 35.5. The van der Waals surface area contributed by atoms with Crippen molar-refractivity contribution in [2.45, 2.75) is 11.3 Å². The molecule has 0 spiro atoms. The minimum Gasteiger partial charge on any atom is -0.405 e. The van der Waals surface area contributed by atoms with Crippen molar-refractivity contribution >= 4 is 56.3 Å². The minimum atomic E-state index is -5.05. The summed E-state index contributed by atoms with van der Waals surface area (Å²) in [5.41, 5.74) is -1.36. The van der Waals surface area contributed by atoms with Gasteiger partial charge in [-0.3, -0.25) is 9.52 Å². The van der Waals surface area contributed by atoms with Crippen molar-refractivity contribution in [3.05, 3.63) is 81.1 Å². The van der Waals surface area contributed by atoms with Crippen LogP contribution in [0.3, 0.4) is 0 Å². The van der Waals surface area contributed by atoms with Crippen LogP contribution in [0.15, 0.2) is 59.6 Å². The number of carbonyl (C=O) groups is 1. The van der Waals surface area contributed by atoms with Gasteiger partial charge in [0.25, 0.3) is 10.0 Å². The van der Waals surface area contributed by atoms with Crippen molar-refractivity contribution in [3.8, 4) is 5.75 Å². The molecule has 1 heterocycles. The lowest BCUT2D eigenvalue weighted by atomic mass is 10.1. The van der Waals surface area contributed by atoms with Crippen molar-refractivity contribution in [2.75, 3.05) is 4.72 Å². The zero-order chi connectivity index (χ0) is 23.7. The number of sulfonamides is 1. The Morgan fingerprint density at radius 1 is 1.00 bits per heavy atom. The molecule has 0 aliphatic heterocycles. The van der Waals surface area contributed by atoms with Gasteiger partial charge in [-0.05, 0) is 36.4 Å². The summed E-state index contributed by atoms with van der Waals surface area (Å²) in [4.78, 5) is 16.5. The van der Waals surface area contributed by atoms with Gasteiger partial charge in [0.1, 0.15) is 11.4 Å². The first-order valence-electron chi connectivity index (χ1n) is 8.40. The van der Waals surface area contributed by atoms with E-state index in [9.17, 15) is 26.4 Å². The second kappa shape index (κ2) is 9.14. The van der Waals surface area contributed by atoms with E-state index in [-0.39, 0.29) is 25.7 Å². The van der Waals surface area contributed by atoms with Crippen molar-refractivity contribution in [3.63, 3.8) is 0 Å². The number of benzene rings is 2. The SMILES string of the molecule is O=C(c1ccccc1OC(F)(F)F)c1ncc(Cl)cc1NS(=O)(=O)c1ccc(Cl)c(Cl)c1. The molecular formula is C19H10Cl3F3N2O4S. The number of para-hydroxylation sites is 1. The van der Waals surface area contributed by atoms with Gasteiger partial charge in [-0.15, -0.1) is 13.2 Å². The predicted molar refractivity (Wildman–Crippen MR) is 113 cm³/mol. The third kappa shape index (κ3) is 5.63. The summed E-state index contributed by atoms with van der Waals surface area (Å²) in [6, 6.07) is 9.16. The van der Waals surface area contributed by atoms with E-state index in [0.717, 1.165) is 30.5 Å². The molecule has 0 atom stereocenters. The average molecular weight is 526 g/mol. The third-order valence-corrected chi connectivity index (χ3v) is 6.18. The lowest BCUT2D eigenvalue weighted by Gasteiger charge is -2.15. The quantitative estimate of drug-likeness (QED) is 0.401. The number of hydrogen-bond acceptors (Lipinski definition) is 5. The molecule has 13 heteroatoms. The first-order chi connectivity index (χ1) is 14.9.